The maximum Gasteiger partial charge on any atom is 0.349 e. The number of fused-ring (bicyclic) bond motifs is 1. The highest BCUT2D eigenvalue weighted by Gasteiger charge is 2.15. The highest BCUT2D eigenvalue weighted by molar-refractivity contribution is 9.10. The van der Waals surface area contributed by atoms with Crippen LogP contribution >= 0.6 is 15.9 Å². The van der Waals surface area contributed by atoms with Gasteiger partial charge in [-0.2, -0.15) is 0 Å². The molecular formula is C14H14BrNO3. The van der Waals surface area contributed by atoms with Crippen LogP contribution in [0.4, 0.5) is 0 Å². The van der Waals surface area contributed by atoms with E-state index < -0.39 is 11.5 Å². The third kappa shape index (κ3) is 3.04. The summed E-state index contributed by atoms with van der Waals surface area (Å²) < 4.78 is 6.01. The van der Waals surface area contributed by atoms with Crippen molar-refractivity contribution in [3.8, 4) is 0 Å². The largest absolute Gasteiger partial charge is 0.422 e. The van der Waals surface area contributed by atoms with Crippen LogP contribution in [-0.4, -0.2) is 11.9 Å². The zero-order valence-corrected chi connectivity index (χ0v) is 12.3. The quantitative estimate of drug-likeness (QED) is 0.883. The normalized spacial score (nSPS) is 12.4. The van der Waals surface area contributed by atoms with Crippen LogP contribution in [0.25, 0.3) is 11.0 Å². The van der Waals surface area contributed by atoms with E-state index in [-0.39, 0.29) is 11.6 Å². The first-order valence-corrected chi connectivity index (χ1v) is 6.85. The van der Waals surface area contributed by atoms with E-state index in [1.807, 2.05) is 13.8 Å². The van der Waals surface area contributed by atoms with Crippen LogP contribution in [0.15, 0.2) is 37.9 Å². The molecule has 0 fully saturated rings. The fourth-order valence-corrected chi connectivity index (χ4v) is 2.03. The van der Waals surface area contributed by atoms with Gasteiger partial charge in [0, 0.05) is 15.9 Å². The second-order valence-corrected chi connectivity index (χ2v) is 5.33. The van der Waals surface area contributed by atoms with Gasteiger partial charge in [0.15, 0.2) is 0 Å². The molecule has 0 saturated carbocycles. The molecule has 0 radical (unpaired) electrons. The monoisotopic (exact) mass is 323 g/mol. The number of amides is 1. The summed E-state index contributed by atoms with van der Waals surface area (Å²) in [5.41, 5.74) is -0.116. The van der Waals surface area contributed by atoms with E-state index in [2.05, 4.69) is 21.2 Å². The lowest BCUT2D eigenvalue weighted by molar-refractivity contribution is 0.0935. The van der Waals surface area contributed by atoms with Crippen molar-refractivity contribution >= 4 is 32.8 Å². The molecule has 100 valence electrons. The summed E-state index contributed by atoms with van der Waals surface area (Å²) in [5, 5.41) is 3.47. The predicted octanol–water partition coefficient (Wildman–Crippen LogP) is 3.08. The van der Waals surface area contributed by atoms with Crippen molar-refractivity contribution in [1.82, 2.24) is 5.32 Å². The van der Waals surface area contributed by atoms with Gasteiger partial charge in [0.2, 0.25) is 0 Å². The number of nitrogens with one attached hydrogen (secondary N) is 1. The van der Waals surface area contributed by atoms with Crippen molar-refractivity contribution in [2.75, 3.05) is 0 Å². The average Bonchev–Trinajstić information content (AvgIpc) is 2.38. The molecule has 0 saturated heterocycles. The first-order valence-electron chi connectivity index (χ1n) is 6.05. The van der Waals surface area contributed by atoms with Crippen LogP contribution < -0.4 is 10.9 Å². The molecule has 0 aliphatic heterocycles. The summed E-state index contributed by atoms with van der Waals surface area (Å²) in [6.45, 7) is 3.85. The molecule has 1 atom stereocenters. The molecule has 1 aromatic heterocycles. The minimum atomic E-state index is -0.615. The Bertz CT molecular complexity index is 678. The Morgan fingerprint density at radius 1 is 1.42 bits per heavy atom. The summed E-state index contributed by atoms with van der Waals surface area (Å²) in [6.07, 6.45) is 0.802. The van der Waals surface area contributed by atoms with Crippen LogP contribution in [0, 0.1) is 0 Å². The van der Waals surface area contributed by atoms with E-state index in [1.165, 1.54) is 0 Å². The van der Waals surface area contributed by atoms with Crippen molar-refractivity contribution in [2.45, 2.75) is 26.3 Å². The number of carbonyl (C=O) groups is 1. The Kier molecular flexibility index (Phi) is 4.04. The smallest absolute Gasteiger partial charge is 0.349 e. The minimum Gasteiger partial charge on any atom is -0.422 e. The highest BCUT2D eigenvalue weighted by Crippen LogP contribution is 2.19. The Morgan fingerprint density at radius 3 is 2.84 bits per heavy atom. The Balaban J connectivity index is 2.46. The molecule has 4 nitrogen and oxygen atoms in total. The summed E-state index contributed by atoms with van der Waals surface area (Å²) in [5.74, 6) is -0.398. The molecule has 1 amide bonds. The van der Waals surface area contributed by atoms with Gasteiger partial charge in [-0.25, -0.2) is 4.79 Å². The van der Waals surface area contributed by atoms with Crippen LogP contribution in [0.5, 0.6) is 0 Å². The third-order valence-corrected chi connectivity index (χ3v) is 3.42. The molecule has 1 heterocycles. The number of hydrogen-bond acceptors (Lipinski definition) is 3. The molecule has 0 spiro atoms. The van der Waals surface area contributed by atoms with Gasteiger partial charge in [0.25, 0.3) is 5.91 Å². The van der Waals surface area contributed by atoms with Crippen LogP contribution in [0.1, 0.15) is 30.6 Å². The van der Waals surface area contributed by atoms with E-state index >= 15 is 0 Å². The Morgan fingerprint density at radius 2 is 2.16 bits per heavy atom. The van der Waals surface area contributed by atoms with E-state index in [0.717, 1.165) is 10.9 Å². The lowest BCUT2D eigenvalue weighted by Gasteiger charge is -2.10. The Hall–Kier alpha value is -1.62. The summed E-state index contributed by atoms with van der Waals surface area (Å²) >= 11 is 3.34. The summed E-state index contributed by atoms with van der Waals surface area (Å²) in [7, 11) is 0. The lowest BCUT2D eigenvalue weighted by atomic mass is 10.1. The van der Waals surface area contributed by atoms with Crippen molar-refractivity contribution in [3.63, 3.8) is 0 Å². The van der Waals surface area contributed by atoms with Gasteiger partial charge < -0.3 is 9.73 Å². The summed E-state index contributed by atoms with van der Waals surface area (Å²) in [6, 6.07) is 6.86. The van der Waals surface area contributed by atoms with Gasteiger partial charge in [-0.1, -0.05) is 22.9 Å². The molecule has 2 rings (SSSR count). The van der Waals surface area contributed by atoms with Gasteiger partial charge in [-0.05, 0) is 37.6 Å². The molecule has 0 aliphatic carbocycles. The molecule has 0 aliphatic rings. The van der Waals surface area contributed by atoms with E-state index in [0.29, 0.717) is 11.0 Å². The van der Waals surface area contributed by atoms with Crippen LogP contribution in [0.2, 0.25) is 0 Å². The third-order valence-electron chi connectivity index (χ3n) is 2.93. The van der Waals surface area contributed by atoms with Crippen molar-refractivity contribution in [3.05, 3.63) is 44.7 Å². The Labute approximate surface area is 118 Å². The van der Waals surface area contributed by atoms with Crippen molar-refractivity contribution < 1.29 is 9.21 Å². The molecule has 19 heavy (non-hydrogen) atoms. The van der Waals surface area contributed by atoms with E-state index in [9.17, 15) is 9.59 Å². The zero-order chi connectivity index (χ0) is 14.0. The average molecular weight is 324 g/mol. The second kappa shape index (κ2) is 5.57. The number of benzene rings is 1. The van der Waals surface area contributed by atoms with E-state index in [4.69, 9.17) is 4.42 Å². The van der Waals surface area contributed by atoms with Gasteiger partial charge in [0.1, 0.15) is 11.1 Å². The topological polar surface area (TPSA) is 59.3 Å². The molecule has 2 aromatic rings. The van der Waals surface area contributed by atoms with E-state index in [1.54, 1.807) is 24.3 Å². The molecular weight excluding hydrogens is 310 g/mol. The number of hydrogen-bond donors (Lipinski definition) is 1. The second-order valence-electron chi connectivity index (χ2n) is 4.41. The SMILES string of the molecule is CCC(C)NC(=O)c1cc2cc(Br)ccc2oc1=O. The standard InChI is InChI=1S/C14H14BrNO3/c1-3-8(2)16-13(17)11-7-9-6-10(15)4-5-12(9)19-14(11)18/h4-8H,3H2,1-2H3,(H,16,17). The molecule has 1 N–H and O–H groups in total. The molecule has 5 heteroatoms. The van der Waals surface area contributed by atoms with Gasteiger partial charge >= 0.3 is 5.63 Å². The highest BCUT2D eigenvalue weighted by atomic mass is 79.9. The lowest BCUT2D eigenvalue weighted by Crippen LogP contribution is -2.34. The maximum absolute atomic E-state index is 12.0. The van der Waals surface area contributed by atoms with Crippen molar-refractivity contribution in [2.24, 2.45) is 0 Å². The predicted molar refractivity (Wildman–Crippen MR) is 77.4 cm³/mol. The first-order chi connectivity index (χ1) is 9.01. The van der Waals surface area contributed by atoms with Gasteiger partial charge in [-0.15, -0.1) is 0 Å². The molecule has 1 aromatic carbocycles. The number of carbonyl (C=O) groups excluding carboxylic acids is 1. The number of halogens is 1. The molecule has 1 unspecified atom stereocenters. The first kappa shape index (κ1) is 13.8. The number of rotatable bonds is 3. The van der Waals surface area contributed by atoms with Gasteiger partial charge in [0.05, 0.1) is 0 Å². The minimum absolute atomic E-state index is 0.0186. The maximum atomic E-state index is 12.0. The molecule has 0 bridgehead atoms. The zero-order valence-electron chi connectivity index (χ0n) is 10.7. The van der Waals surface area contributed by atoms with Gasteiger partial charge in [-0.3, -0.25) is 4.79 Å². The fraction of sp³-hybridized carbons (Fsp3) is 0.286. The van der Waals surface area contributed by atoms with Crippen LogP contribution in [0.3, 0.4) is 0 Å². The van der Waals surface area contributed by atoms with Crippen LogP contribution in [-0.2, 0) is 0 Å². The summed E-state index contributed by atoms with van der Waals surface area (Å²) in [4.78, 5) is 23.8. The van der Waals surface area contributed by atoms with Crippen molar-refractivity contribution in [1.29, 1.82) is 0 Å². The fourth-order valence-electron chi connectivity index (χ4n) is 1.66.